The Morgan fingerprint density at radius 1 is 1.11 bits per heavy atom. The first kappa shape index (κ1) is 20.2. The SMILES string of the molecule is O=C(Nc1ccccc1S(=O)(=O)N1CCCCC1)c1cc([N+](=O)[O-])ccc1Cl. The van der Waals surface area contributed by atoms with Crippen LogP contribution in [0.25, 0.3) is 0 Å². The first-order chi connectivity index (χ1) is 13.3. The number of sulfonamides is 1. The van der Waals surface area contributed by atoms with Crippen LogP contribution in [0, 0.1) is 10.1 Å². The summed E-state index contributed by atoms with van der Waals surface area (Å²) in [5, 5.41) is 13.5. The van der Waals surface area contributed by atoms with Gasteiger partial charge in [-0.05, 0) is 31.0 Å². The molecule has 2 aromatic carbocycles. The van der Waals surface area contributed by atoms with Crippen molar-refractivity contribution in [2.45, 2.75) is 24.2 Å². The van der Waals surface area contributed by atoms with Gasteiger partial charge in [-0.1, -0.05) is 30.2 Å². The van der Waals surface area contributed by atoms with Crippen molar-refractivity contribution in [3.63, 3.8) is 0 Å². The summed E-state index contributed by atoms with van der Waals surface area (Å²) in [6, 6.07) is 9.57. The van der Waals surface area contributed by atoms with E-state index in [1.165, 1.54) is 28.6 Å². The highest BCUT2D eigenvalue weighted by Gasteiger charge is 2.29. The van der Waals surface area contributed by atoms with Gasteiger partial charge in [0, 0.05) is 25.2 Å². The fourth-order valence-corrected chi connectivity index (χ4v) is 4.90. The number of nitrogens with one attached hydrogen (secondary N) is 1. The van der Waals surface area contributed by atoms with Crippen molar-refractivity contribution in [2.75, 3.05) is 18.4 Å². The summed E-state index contributed by atoms with van der Waals surface area (Å²) in [6.07, 6.45) is 2.56. The first-order valence-electron chi connectivity index (χ1n) is 8.65. The molecule has 148 valence electrons. The molecule has 10 heteroatoms. The number of nitro groups is 1. The van der Waals surface area contributed by atoms with Gasteiger partial charge >= 0.3 is 0 Å². The summed E-state index contributed by atoms with van der Waals surface area (Å²) in [5.74, 6) is -0.727. The molecule has 3 rings (SSSR count). The summed E-state index contributed by atoms with van der Waals surface area (Å²) in [6.45, 7) is 0.864. The lowest BCUT2D eigenvalue weighted by atomic mass is 10.2. The van der Waals surface area contributed by atoms with E-state index in [4.69, 9.17) is 11.6 Å². The molecule has 1 N–H and O–H groups in total. The van der Waals surface area contributed by atoms with Crippen LogP contribution in [0.1, 0.15) is 29.6 Å². The molecular weight excluding hydrogens is 406 g/mol. The zero-order valence-corrected chi connectivity index (χ0v) is 16.4. The molecule has 1 amide bonds. The number of carbonyl (C=O) groups is 1. The second kappa shape index (κ2) is 8.26. The van der Waals surface area contributed by atoms with Crippen molar-refractivity contribution in [3.05, 3.63) is 63.2 Å². The zero-order valence-electron chi connectivity index (χ0n) is 14.8. The fraction of sp³-hybridized carbons (Fsp3) is 0.278. The summed E-state index contributed by atoms with van der Waals surface area (Å²) in [5.41, 5.74) is -0.301. The van der Waals surface area contributed by atoms with Crippen molar-refractivity contribution >= 4 is 38.9 Å². The van der Waals surface area contributed by atoms with E-state index < -0.39 is 20.9 Å². The Kier molecular flexibility index (Phi) is 5.97. The van der Waals surface area contributed by atoms with Crippen LogP contribution in [0.15, 0.2) is 47.4 Å². The number of piperidine rings is 1. The molecule has 0 unspecified atom stereocenters. The number of halogens is 1. The van der Waals surface area contributed by atoms with Gasteiger partial charge in [-0.3, -0.25) is 14.9 Å². The van der Waals surface area contributed by atoms with Gasteiger partial charge < -0.3 is 5.32 Å². The molecule has 0 aliphatic carbocycles. The molecule has 28 heavy (non-hydrogen) atoms. The van der Waals surface area contributed by atoms with Crippen LogP contribution in [-0.4, -0.2) is 36.6 Å². The van der Waals surface area contributed by atoms with E-state index in [9.17, 15) is 23.3 Å². The van der Waals surface area contributed by atoms with Crippen LogP contribution in [0.5, 0.6) is 0 Å². The molecule has 0 spiro atoms. The Morgan fingerprint density at radius 3 is 2.46 bits per heavy atom. The highest BCUT2D eigenvalue weighted by atomic mass is 35.5. The number of para-hydroxylation sites is 1. The first-order valence-corrected chi connectivity index (χ1v) is 10.5. The number of hydrogen-bond acceptors (Lipinski definition) is 5. The van der Waals surface area contributed by atoms with Crippen LogP contribution in [0.2, 0.25) is 5.02 Å². The highest BCUT2D eigenvalue weighted by molar-refractivity contribution is 7.89. The summed E-state index contributed by atoms with van der Waals surface area (Å²) in [4.78, 5) is 22.9. The second-order valence-electron chi connectivity index (χ2n) is 6.34. The molecule has 0 radical (unpaired) electrons. The van der Waals surface area contributed by atoms with E-state index in [1.807, 2.05) is 0 Å². The van der Waals surface area contributed by atoms with E-state index in [0.717, 1.165) is 25.3 Å². The molecule has 1 heterocycles. The number of benzene rings is 2. The third-order valence-corrected chi connectivity index (χ3v) is 6.76. The van der Waals surface area contributed by atoms with Crippen LogP contribution >= 0.6 is 11.6 Å². The van der Waals surface area contributed by atoms with E-state index in [1.54, 1.807) is 12.1 Å². The lowest BCUT2D eigenvalue weighted by molar-refractivity contribution is -0.384. The number of anilines is 1. The van der Waals surface area contributed by atoms with Gasteiger partial charge in [-0.25, -0.2) is 8.42 Å². The highest BCUT2D eigenvalue weighted by Crippen LogP contribution is 2.28. The average Bonchev–Trinajstić information content (AvgIpc) is 2.69. The molecule has 0 aromatic heterocycles. The lowest BCUT2D eigenvalue weighted by Crippen LogP contribution is -2.36. The molecule has 0 atom stereocenters. The van der Waals surface area contributed by atoms with Gasteiger partial charge in [0.25, 0.3) is 11.6 Å². The number of nitrogens with zero attached hydrogens (tertiary/aromatic N) is 2. The summed E-state index contributed by atoms with van der Waals surface area (Å²) in [7, 11) is -3.77. The molecule has 8 nitrogen and oxygen atoms in total. The third-order valence-electron chi connectivity index (χ3n) is 4.47. The largest absolute Gasteiger partial charge is 0.321 e. The van der Waals surface area contributed by atoms with Crippen LogP contribution in [0.4, 0.5) is 11.4 Å². The van der Waals surface area contributed by atoms with Crippen LogP contribution in [0.3, 0.4) is 0 Å². The van der Waals surface area contributed by atoms with Gasteiger partial charge in [-0.15, -0.1) is 0 Å². The van der Waals surface area contributed by atoms with Gasteiger partial charge in [0.05, 0.1) is 21.2 Å². The zero-order chi connectivity index (χ0) is 20.3. The Balaban J connectivity index is 1.93. The van der Waals surface area contributed by atoms with Crippen molar-refractivity contribution < 1.29 is 18.1 Å². The van der Waals surface area contributed by atoms with E-state index in [-0.39, 0.29) is 26.9 Å². The average molecular weight is 424 g/mol. The van der Waals surface area contributed by atoms with Crippen molar-refractivity contribution in [1.82, 2.24) is 4.31 Å². The molecule has 2 aromatic rings. The Hall–Kier alpha value is -2.49. The minimum Gasteiger partial charge on any atom is -0.321 e. The molecule has 0 bridgehead atoms. The Labute approximate surface area is 167 Å². The number of non-ortho nitro benzene ring substituents is 1. The minimum absolute atomic E-state index is 0.0215. The number of carbonyl (C=O) groups excluding carboxylic acids is 1. The summed E-state index contributed by atoms with van der Waals surface area (Å²) < 4.78 is 27.4. The maximum atomic E-state index is 13.0. The predicted octanol–water partition coefficient (Wildman–Crippen LogP) is 3.68. The topological polar surface area (TPSA) is 110 Å². The van der Waals surface area contributed by atoms with Crippen LogP contribution < -0.4 is 5.32 Å². The standard InChI is InChI=1S/C18H18ClN3O5S/c19-15-9-8-13(22(24)25)12-14(15)18(23)20-16-6-2-3-7-17(16)28(26,27)21-10-4-1-5-11-21/h2-3,6-9,12H,1,4-5,10-11H2,(H,20,23). The van der Waals surface area contributed by atoms with Crippen molar-refractivity contribution in [3.8, 4) is 0 Å². The second-order valence-corrected chi connectivity index (χ2v) is 8.65. The molecular formula is C18H18ClN3O5S. The maximum Gasteiger partial charge on any atom is 0.270 e. The molecule has 0 saturated carbocycles. The minimum atomic E-state index is -3.77. The number of hydrogen-bond donors (Lipinski definition) is 1. The van der Waals surface area contributed by atoms with Crippen LogP contribution in [-0.2, 0) is 10.0 Å². The quantitative estimate of drug-likeness (QED) is 0.582. The monoisotopic (exact) mass is 423 g/mol. The molecule has 1 fully saturated rings. The molecule has 1 saturated heterocycles. The fourth-order valence-electron chi connectivity index (χ4n) is 3.03. The third kappa shape index (κ3) is 4.16. The Bertz CT molecular complexity index is 1020. The van der Waals surface area contributed by atoms with Crippen molar-refractivity contribution in [2.24, 2.45) is 0 Å². The smallest absolute Gasteiger partial charge is 0.270 e. The lowest BCUT2D eigenvalue weighted by Gasteiger charge is -2.26. The van der Waals surface area contributed by atoms with Gasteiger partial charge in [0.2, 0.25) is 10.0 Å². The van der Waals surface area contributed by atoms with E-state index >= 15 is 0 Å². The van der Waals surface area contributed by atoms with Gasteiger partial charge in [0.15, 0.2) is 0 Å². The number of amides is 1. The molecule has 1 aliphatic heterocycles. The van der Waals surface area contributed by atoms with E-state index in [0.29, 0.717) is 13.1 Å². The van der Waals surface area contributed by atoms with Crippen molar-refractivity contribution in [1.29, 1.82) is 0 Å². The van der Waals surface area contributed by atoms with Gasteiger partial charge in [-0.2, -0.15) is 4.31 Å². The number of rotatable bonds is 5. The Morgan fingerprint density at radius 2 is 1.79 bits per heavy atom. The molecule has 1 aliphatic rings. The van der Waals surface area contributed by atoms with Gasteiger partial charge in [0.1, 0.15) is 4.90 Å². The van der Waals surface area contributed by atoms with E-state index in [2.05, 4.69) is 5.32 Å². The normalized spacial score (nSPS) is 15.2. The number of nitro benzene ring substituents is 1. The predicted molar refractivity (Wildman–Crippen MR) is 105 cm³/mol. The summed E-state index contributed by atoms with van der Waals surface area (Å²) >= 11 is 6.00. The maximum absolute atomic E-state index is 13.0.